The van der Waals surface area contributed by atoms with Crippen molar-refractivity contribution in [1.29, 1.82) is 0 Å². The lowest BCUT2D eigenvalue weighted by molar-refractivity contribution is -0.134. The largest absolute Gasteiger partial charge is 0.466 e. The van der Waals surface area contributed by atoms with Crippen molar-refractivity contribution in [3.63, 3.8) is 0 Å². The summed E-state index contributed by atoms with van der Waals surface area (Å²) in [5, 5.41) is 0. The van der Waals surface area contributed by atoms with Crippen molar-refractivity contribution in [3.8, 4) is 0 Å². The maximum Gasteiger partial charge on any atom is 0.330 e. The summed E-state index contributed by atoms with van der Waals surface area (Å²) >= 11 is 0. The molecule has 3 heteroatoms. The monoisotopic (exact) mass is 193 g/mol. The summed E-state index contributed by atoms with van der Waals surface area (Å²) in [6, 6.07) is 5.47. The Labute approximate surface area is 84.4 Å². The number of ether oxygens (including phenoxy) is 1. The Balaban J connectivity index is 0.000000791. The number of methoxy groups -OCH3 is 1. The maximum absolute atomic E-state index is 10.6. The molecular weight excluding hydrogens is 178 g/mol. The fraction of sp³-hybridized carbons (Fsp3) is 0.273. The number of aromatic nitrogens is 1. The van der Waals surface area contributed by atoms with Crippen LogP contribution < -0.4 is 0 Å². The number of hydrogen-bond acceptors (Lipinski definition) is 3. The van der Waals surface area contributed by atoms with Gasteiger partial charge in [0.2, 0.25) is 0 Å². The van der Waals surface area contributed by atoms with Gasteiger partial charge in [-0.25, -0.2) is 4.79 Å². The molecule has 0 saturated heterocycles. The fourth-order valence-electron chi connectivity index (χ4n) is 0.696. The Bertz CT molecular complexity index is 281. The summed E-state index contributed by atoms with van der Waals surface area (Å²) in [4.78, 5) is 14.6. The molecule has 1 rings (SSSR count). The van der Waals surface area contributed by atoms with Crippen LogP contribution in [-0.2, 0) is 9.53 Å². The first-order valence-electron chi connectivity index (χ1n) is 4.50. The van der Waals surface area contributed by atoms with E-state index >= 15 is 0 Å². The molecule has 1 heterocycles. The number of esters is 1. The molecule has 0 fully saturated rings. The number of pyridine rings is 1. The van der Waals surface area contributed by atoms with Gasteiger partial charge in [0, 0.05) is 12.3 Å². The van der Waals surface area contributed by atoms with Crippen molar-refractivity contribution in [2.75, 3.05) is 7.11 Å². The second-order valence-corrected chi connectivity index (χ2v) is 2.11. The normalized spacial score (nSPS) is 9.07. The van der Waals surface area contributed by atoms with Crippen LogP contribution in [0.5, 0.6) is 0 Å². The lowest BCUT2D eigenvalue weighted by Crippen LogP contribution is -1.93. The maximum atomic E-state index is 10.6. The van der Waals surface area contributed by atoms with E-state index in [1.54, 1.807) is 18.3 Å². The molecule has 0 aromatic carbocycles. The Kier molecular flexibility index (Phi) is 7.05. The second-order valence-electron chi connectivity index (χ2n) is 2.11. The molecule has 0 saturated carbocycles. The molecule has 0 N–H and O–H groups in total. The molecule has 0 aliphatic carbocycles. The molecule has 3 nitrogen and oxygen atoms in total. The quantitative estimate of drug-likeness (QED) is 0.534. The van der Waals surface area contributed by atoms with Gasteiger partial charge in [-0.3, -0.25) is 4.98 Å². The molecule has 0 aliphatic rings. The van der Waals surface area contributed by atoms with E-state index in [9.17, 15) is 4.79 Å². The molecule has 0 radical (unpaired) electrons. The molecule has 1 aromatic heterocycles. The van der Waals surface area contributed by atoms with Crippen molar-refractivity contribution >= 4 is 12.0 Å². The fourth-order valence-corrected chi connectivity index (χ4v) is 0.696. The molecule has 1 aromatic rings. The standard InChI is InChI=1S/C9H9NO2.C2H6/c1-12-9(11)6-5-8-4-2-3-7-10-8;1-2/h2-7H,1H3;1-2H3/b6-5+;. The predicted octanol–water partition coefficient (Wildman–Crippen LogP) is 2.29. The molecule has 76 valence electrons. The highest BCUT2D eigenvalue weighted by atomic mass is 16.5. The summed E-state index contributed by atoms with van der Waals surface area (Å²) in [6.07, 6.45) is 4.60. The van der Waals surface area contributed by atoms with E-state index < -0.39 is 0 Å². The zero-order valence-electron chi connectivity index (χ0n) is 8.73. The van der Waals surface area contributed by atoms with Crippen LogP contribution in [0.1, 0.15) is 19.5 Å². The van der Waals surface area contributed by atoms with E-state index in [0.29, 0.717) is 0 Å². The molecule has 0 amide bonds. The number of carbonyl (C=O) groups excluding carboxylic acids is 1. The van der Waals surface area contributed by atoms with Gasteiger partial charge in [0.05, 0.1) is 12.8 Å². The Morgan fingerprint density at radius 1 is 1.43 bits per heavy atom. The van der Waals surface area contributed by atoms with E-state index in [4.69, 9.17) is 0 Å². The van der Waals surface area contributed by atoms with Gasteiger partial charge in [0.25, 0.3) is 0 Å². The highest BCUT2D eigenvalue weighted by Gasteiger charge is 1.90. The van der Waals surface area contributed by atoms with Gasteiger partial charge in [0.1, 0.15) is 0 Å². The van der Waals surface area contributed by atoms with Crippen molar-refractivity contribution in [1.82, 2.24) is 4.98 Å². The molecule has 0 aliphatic heterocycles. The van der Waals surface area contributed by atoms with Gasteiger partial charge in [-0.1, -0.05) is 19.9 Å². The zero-order chi connectivity index (χ0) is 10.8. The highest BCUT2D eigenvalue weighted by molar-refractivity contribution is 5.86. The van der Waals surface area contributed by atoms with Gasteiger partial charge in [0.15, 0.2) is 0 Å². The average molecular weight is 193 g/mol. The van der Waals surface area contributed by atoms with Crippen molar-refractivity contribution in [3.05, 3.63) is 36.2 Å². The molecule has 0 atom stereocenters. The van der Waals surface area contributed by atoms with Gasteiger partial charge < -0.3 is 4.74 Å². The van der Waals surface area contributed by atoms with Crippen LogP contribution in [0.15, 0.2) is 30.5 Å². The second kappa shape index (κ2) is 7.98. The number of hydrogen-bond donors (Lipinski definition) is 0. The first-order valence-corrected chi connectivity index (χ1v) is 4.50. The van der Waals surface area contributed by atoms with Crippen LogP contribution >= 0.6 is 0 Å². The smallest absolute Gasteiger partial charge is 0.330 e. The van der Waals surface area contributed by atoms with Crippen LogP contribution in [0, 0.1) is 0 Å². The molecular formula is C11H15NO2. The first-order chi connectivity index (χ1) is 6.83. The lowest BCUT2D eigenvalue weighted by Gasteiger charge is -1.90. The van der Waals surface area contributed by atoms with E-state index in [1.807, 2.05) is 26.0 Å². The first kappa shape index (κ1) is 12.4. The van der Waals surface area contributed by atoms with Gasteiger partial charge in [-0.05, 0) is 18.2 Å². The van der Waals surface area contributed by atoms with Crippen molar-refractivity contribution in [2.24, 2.45) is 0 Å². The topological polar surface area (TPSA) is 39.2 Å². The zero-order valence-corrected chi connectivity index (χ0v) is 8.73. The number of rotatable bonds is 2. The molecule has 0 bridgehead atoms. The minimum atomic E-state index is -0.374. The van der Waals surface area contributed by atoms with Crippen LogP contribution in [0.4, 0.5) is 0 Å². The summed E-state index contributed by atoms with van der Waals surface area (Å²) in [5.41, 5.74) is 0.739. The molecule has 0 unspecified atom stereocenters. The Morgan fingerprint density at radius 3 is 2.64 bits per heavy atom. The third-order valence-corrected chi connectivity index (χ3v) is 1.28. The van der Waals surface area contributed by atoms with E-state index in [1.165, 1.54) is 13.2 Å². The van der Waals surface area contributed by atoms with Crippen LogP contribution in [0.25, 0.3) is 6.08 Å². The van der Waals surface area contributed by atoms with Gasteiger partial charge in [-0.2, -0.15) is 0 Å². The van der Waals surface area contributed by atoms with E-state index in [-0.39, 0.29) is 5.97 Å². The summed E-state index contributed by atoms with van der Waals surface area (Å²) in [6.45, 7) is 4.00. The summed E-state index contributed by atoms with van der Waals surface area (Å²) in [7, 11) is 1.34. The minimum absolute atomic E-state index is 0.374. The Hall–Kier alpha value is -1.64. The van der Waals surface area contributed by atoms with Crippen molar-refractivity contribution in [2.45, 2.75) is 13.8 Å². The highest BCUT2D eigenvalue weighted by Crippen LogP contribution is 1.95. The molecule has 14 heavy (non-hydrogen) atoms. The third-order valence-electron chi connectivity index (χ3n) is 1.28. The third kappa shape index (κ3) is 5.09. The average Bonchev–Trinajstić information content (AvgIpc) is 2.30. The summed E-state index contributed by atoms with van der Waals surface area (Å²) in [5.74, 6) is -0.374. The number of nitrogens with zero attached hydrogens (tertiary/aromatic N) is 1. The lowest BCUT2D eigenvalue weighted by atomic mass is 10.3. The van der Waals surface area contributed by atoms with Gasteiger partial charge in [-0.15, -0.1) is 0 Å². The SMILES string of the molecule is CC.COC(=O)/C=C/c1ccccn1. The molecule has 0 spiro atoms. The van der Waals surface area contributed by atoms with Crippen LogP contribution in [-0.4, -0.2) is 18.1 Å². The number of carbonyl (C=O) groups is 1. The van der Waals surface area contributed by atoms with Crippen LogP contribution in [0.2, 0.25) is 0 Å². The van der Waals surface area contributed by atoms with Crippen molar-refractivity contribution < 1.29 is 9.53 Å². The van der Waals surface area contributed by atoms with E-state index in [0.717, 1.165) is 5.69 Å². The minimum Gasteiger partial charge on any atom is -0.466 e. The van der Waals surface area contributed by atoms with Gasteiger partial charge >= 0.3 is 5.97 Å². The summed E-state index contributed by atoms with van der Waals surface area (Å²) < 4.78 is 4.42. The Morgan fingerprint density at radius 2 is 2.14 bits per heavy atom. The van der Waals surface area contributed by atoms with Crippen LogP contribution in [0.3, 0.4) is 0 Å². The predicted molar refractivity (Wildman–Crippen MR) is 56.6 cm³/mol. The van der Waals surface area contributed by atoms with E-state index in [2.05, 4.69) is 9.72 Å².